The van der Waals surface area contributed by atoms with Crippen LogP contribution in [0, 0.1) is 0 Å². The van der Waals surface area contributed by atoms with E-state index in [0.29, 0.717) is 11.6 Å². The third-order valence-electron chi connectivity index (χ3n) is 6.32. The van der Waals surface area contributed by atoms with Crippen molar-refractivity contribution >= 4 is 10.9 Å². The molecule has 3 heterocycles. The molecule has 0 radical (unpaired) electrons. The van der Waals surface area contributed by atoms with Crippen LogP contribution in [-0.4, -0.2) is 50.3 Å². The van der Waals surface area contributed by atoms with Gasteiger partial charge in [0.2, 0.25) is 0 Å². The monoisotopic (exact) mass is 394 g/mol. The number of nitrogens with one attached hydrogen (secondary N) is 1. The van der Waals surface area contributed by atoms with Crippen LogP contribution in [0.4, 0.5) is 0 Å². The van der Waals surface area contributed by atoms with Crippen molar-refractivity contribution in [3.63, 3.8) is 0 Å². The average molecular weight is 394 g/mol. The lowest BCUT2D eigenvalue weighted by Crippen LogP contribution is -2.33. The Morgan fingerprint density at radius 3 is 2.69 bits per heavy atom. The molecular formula is C21H26N6O2. The van der Waals surface area contributed by atoms with E-state index in [1.807, 2.05) is 28.9 Å². The number of likely N-dealkylation sites (tertiary alicyclic amines) is 1. The number of tetrazole rings is 1. The van der Waals surface area contributed by atoms with Gasteiger partial charge in [0.15, 0.2) is 5.82 Å². The smallest absolute Gasteiger partial charge is 0.253 e. The van der Waals surface area contributed by atoms with Crippen LogP contribution in [-0.2, 0) is 0 Å². The van der Waals surface area contributed by atoms with Gasteiger partial charge < -0.3 is 9.72 Å². The summed E-state index contributed by atoms with van der Waals surface area (Å²) in [5, 5.41) is 13.7. The van der Waals surface area contributed by atoms with Crippen molar-refractivity contribution < 1.29 is 4.74 Å². The number of rotatable bonds is 5. The molecule has 1 aromatic carbocycles. The second-order valence-corrected chi connectivity index (χ2v) is 8.07. The first-order chi connectivity index (χ1) is 14.2. The maximum absolute atomic E-state index is 13.2. The van der Waals surface area contributed by atoms with Crippen LogP contribution in [0.3, 0.4) is 0 Å². The normalized spacial score (nSPS) is 19.2. The highest BCUT2D eigenvalue weighted by Gasteiger charge is 2.34. The lowest BCUT2D eigenvalue weighted by atomic mass is 10.0. The van der Waals surface area contributed by atoms with Crippen molar-refractivity contribution in [1.29, 1.82) is 0 Å². The number of nitrogens with zero attached hydrogens (tertiary/aromatic N) is 5. The molecule has 1 aliphatic carbocycles. The summed E-state index contributed by atoms with van der Waals surface area (Å²) in [4.78, 5) is 18.6. The quantitative estimate of drug-likeness (QED) is 0.716. The van der Waals surface area contributed by atoms with E-state index in [2.05, 4.69) is 25.4 Å². The first kappa shape index (κ1) is 18.3. The van der Waals surface area contributed by atoms with Crippen LogP contribution in [0.1, 0.15) is 62.0 Å². The Labute approximate surface area is 168 Å². The third-order valence-corrected chi connectivity index (χ3v) is 6.32. The molecule has 1 aliphatic heterocycles. The summed E-state index contributed by atoms with van der Waals surface area (Å²) in [5.74, 6) is 1.51. The van der Waals surface area contributed by atoms with E-state index >= 15 is 0 Å². The van der Waals surface area contributed by atoms with Gasteiger partial charge in [-0.05, 0) is 72.8 Å². The molecule has 1 atom stereocenters. The van der Waals surface area contributed by atoms with E-state index in [4.69, 9.17) is 4.74 Å². The molecule has 0 unspecified atom stereocenters. The molecular weight excluding hydrogens is 368 g/mol. The van der Waals surface area contributed by atoms with E-state index in [0.717, 1.165) is 61.2 Å². The minimum Gasteiger partial charge on any atom is -0.497 e. The molecule has 1 saturated heterocycles. The largest absolute Gasteiger partial charge is 0.497 e. The van der Waals surface area contributed by atoms with Gasteiger partial charge in [0.05, 0.1) is 18.7 Å². The van der Waals surface area contributed by atoms with Crippen LogP contribution < -0.4 is 10.3 Å². The van der Waals surface area contributed by atoms with E-state index in [1.165, 1.54) is 12.8 Å². The summed E-state index contributed by atoms with van der Waals surface area (Å²) in [6.07, 6.45) is 6.86. The molecule has 5 rings (SSSR count). The molecule has 0 spiro atoms. The Kier molecular flexibility index (Phi) is 4.79. The van der Waals surface area contributed by atoms with Crippen molar-refractivity contribution in [1.82, 2.24) is 30.1 Å². The molecule has 1 saturated carbocycles. The van der Waals surface area contributed by atoms with Crippen molar-refractivity contribution in [2.24, 2.45) is 0 Å². The summed E-state index contributed by atoms with van der Waals surface area (Å²) < 4.78 is 7.27. The number of ether oxygens (including phenoxy) is 1. The van der Waals surface area contributed by atoms with Gasteiger partial charge in [0.25, 0.3) is 5.56 Å². The molecule has 0 amide bonds. The van der Waals surface area contributed by atoms with Gasteiger partial charge in [-0.1, -0.05) is 12.8 Å². The van der Waals surface area contributed by atoms with E-state index < -0.39 is 0 Å². The minimum atomic E-state index is -0.233. The van der Waals surface area contributed by atoms with Gasteiger partial charge >= 0.3 is 0 Å². The molecule has 8 nitrogen and oxygen atoms in total. The number of H-pyrrole nitrogens is 1. The third kappa shape index (κ3) is 3.31. The molecule has 2 aromatic heterocycles. The van der Waals surface area contributed by atoms with Crippen LogP contribution in [0.25, 0.3) is 10.9 Å². The molecule has 1 N–H and O–H groups in total. The zero-order chi connectivity index (χ0) is 19.8. The molecule has 152 valence electrons. The van der Waals surface area contributed by atoms with Crippen molar-refractivity contribution in [2.75, 3.05) is 20.2 Å². The summed E-state index contributed by atoms with van der Waals surface area (Å²) in [6.45, 7) is 1.89. The number of benzene rings is 1. The van der Waals surface area contributed by atoms with Crippen LogP contribution in [0.2, 0.25) is 0 Å². The number of aromatic nitrogens is 5. The maximum Gasteiger partial charge on any atom is 0.253 e. The van der Waals surface area contributed by atoms with E-state index in [9.17, 15) is 4.79 Å². The molecule has 0 bridgehead atoms. The Balaban J connectivity index is 1.64. The Morgan fingerprint density at radius 1 is 1.14 bits per heavy atom. The van der Waals surface area contributed by atoms with E-state index in [-0.39, 0.29) is 11.6 Å². The zero-order valence-corrected chi connectivity index (χ0v) is 16.7. The standard InChI is InChI=1S/C21H26N6O2/c1-29-16-9-8-14-12-17(21(28)22-18(14)13-16)19(26-10-4-5-11-26)20-23-24-25-27(20)15-6-2-3-7-15/h8-9,12-13,15,19H,2-7,10-11H2,1H3,(H,22,28)/t19-/m1/s1. The second-order valence-electron chi connectivity index (χ2n) is 8.07. The lowest BCUT2D eigenvalue weighted by Gasteiger charge is -2.27. The summed E-state index contributed by atoms with van der Waals surface area (Å²) in [5.41, 5.74) is 1.39. The highest BCUT2D eigenvalue weighted by Crippen LogP contribution is 2.35. The number of methoxy groups -OCH3 is 1. The van der Waals surface area contributed by atoms with Crippen molar-refractivity contribution in [2.45, 2.75) is 50.6 Å². The Bertz CT molecular complexity index is 1060. The van der Waals surface area contributed by atoms with Crippen molar-refractivity contribution in [3.8, 4) is 5.75 Å². The topological polar surface area (TPSA) is 88.9 Å². The van der Waals surface area contributed by atoms with Gasteiger partial charge in [-0.25, -0.2) is 4.68 Å². The Hall–Kier alpha value is -2.74. The number of fused-ring (bicyclic) bond motifs is 1. The average Bonchev–Trinajstić information content (AvgIpc) is 3.50. The highest BCUT2D eigenvalue weighted by molar-refractivity contribution is 5.80. The molecule has 2 fully saturated rings. The number of aromatic amines is 1. The Morgan fingerprint density at radius 2 is 1.93 bits per heavy atom. The molecule has 8 heteroatoms. The lowest BCUT2D eigenvalue weighted by molar-refractivity contribution is 0.256. The van der Waals surface area contributed by atoms with Crippen LogP contribution >= 0.6 is 0 Å². The zero-order valence-electron chi connectivity index (χ0n) is 16.7. The number of pyridine rings is 1. The molecule has 2 aliphatic rings. The van der Waals surface area contributed by atoms with Crippen molar-refractivity contribution in [3.05, 3.63) is 46.0 Å². The fourth-order valence-electron chi connectivity index (χ4n) is 4.82. The fourth-order valence-corrected chi connectivity index (χ4v) is 4.82. The summed E-state index contributed by atoms with van der Waals surface area (Å²) in [7, 11) is 1.62. The molecule has 29 heavy (non-hydrogen) atoms. The van der Waals surface area contributed by atoms with Gasteiger partial charge in [-0.3, -0.25) is 9.69 Å². The summed E-state index contributed by atoms with van der Waals surface area (Å²) >= 11 is 0. The predicted molar refractivity (Wildman–Crippen MR) is 109 cm³/mol. The fraction of sp³-hybridized carbons (Fsp3) is 0.524. The first-order valence-corrected chi connectivity index (χ1v) is 10.5. The number of hydrogen-bond donors (Lipinski definition) is 1. The maximum atomic E-state index is 13.2. The SMILES string of the molecule is COc1ccc2cc([C@H](c3nnnn3C3CCCC3)N3CCCC3)c(=O)[nH]c2c1. The van der Waals surface area contributed by atoms with Crippen LogP contribution in [0.15, 0.2) is 29.1 Å². The predicted octanol–water partition coefficient (Wildman–Crippen LogP) is 2.82. The highest BCUT2D eigenvalue weighted by atomic mass is 16.5. The van der Waals surface area contributed by atoms with Crippen LogP contribution in [0.5, 0.6) is 5.75 Å². The van der Waals surface area contributed by atoms with Gasteiger partial charge in [-0.2, -0.15) is 0 Å². The minimum absolute atomic E-state index is 0.0939. The number of hydrogen-bond acceptors (Lipinski definition) is 6. The molecule has 3 aromatic rings. The van der Waals surface area contributed by atoms with Gasteiger partial charge in [0.1, 0.15) is 11.8 Å². The van der Waals surface area contributed by atoms with Gasteiger partial charge in [-0.15, -0.1) is 5.10 Å². The van der Waals surface area contributed by atoms with E-state index in [1.54, 1.807) is 7.11 Å². The first-order valence-electron chi connectivity index (χ1n) is 10.5. The van der Waals surface area contributed by atoms with Gasteiger partial charge in [0, 0.05) is 11.6 Å². The second kappa shape index (κ2) is 7.59. The summed E-state index contributed by atoms with van der Waals surface area (Å²) in [6, 6.07) is 7.84.